The first-order valence-corrected chi connectivity index (χ1v) is 3.53. The summed E-state index contributed by atoms with van der Waals surface area (Å²) in [6, 6.07) is -0.731. The SMILES string of the molecule is CC(N)C(=O)O.CCOC(C)=O.Cl. The van der Waals surface area contributed by atoms with Gasteiger partial charge >= 0.3 is 11.9 Å². The van der Waals surface area contributed by atoms with E-state index in [1.165, 1.54) is 13.8 Å². The summed E-state index contributed by atoms with van der Waals surface area (Å²) in [6.45, 7) is 5.07. The van der Waals surface area contributed by atoms with Crippen LogP contribution < -0.4 is 5.73 Å². The molecule has 0 heterocycles. The Balaban J connectivity index is -0.000000143. The number of carboxylic acid groups (broad SMARTS) is 1. The van der Waals surface area contributed by atoms with Gasteiger partial charge in [0.05, 0.1) is 6.61 Å². The molecule has 0 aliphatic carbocycles. The summed E-state index contributed by atoms with van der Waals surface area (Å²) in [6.07, 6.45) is 0. The van der Waals surface area contributed by atoms with Crippen molar-refractivity contribution in [1.82, 2.24) is 0 Å². The number of carbonyl (C=O) groups excluding carboxylic acids is 1. The Morgan fingerprint density at radius 1 is 1.54 bits per heavy atom. The molecule has 13 heavy (non-hydrogen) atoms. The highest BCUT2D eigenvalue weighted by Gasteiger charge is 1.99. The van der Waals surface area contributed by atoms with E-state index in [1.54, 1.807) is 6.92 Å². The maximum atomic E-state index is 9.82. The van der Waals surface area contributed by atoms with E-state index in [9.17, 15) is 9.59 Å². The Hall–Kier alpha value is -0.810. The lowest BCUT2D eigenvalue weighted by Gasteiger charge is -1.90. The zero-order chi connectivity index (χ0) is 10.1. The molecule has 0 saturated heterocycles. The number of ether oxygens (including phenoxy) is 1. The van der Waals surface area contributed by atoms with E-state index in [2.05, 4.69) is 4.74 Å². The van der Waals surface area contributed by atoms with Crippen LogP contribution in [0.1, 0.15) is 20.8 Å². The van der Waals surface area contributed by atoms with Crippen molar-refractivity contribution in [3.8, 4) is 0 Å². The molecule has 0 rings (SSSR count). The highest BCUT2D eigenvalue weighted by Crippen LogP contribution is 1.69. The van der Waals surface area contributed by atoms with Gasteiger partial charge < -0.3 is 15.6 Å². The standard InChI is InChI=1S/C4H8O2.C3H7NO2.ClH/c1-3-6-4(2)5;1-2(4)3(5)6;/h3H2,1-2H3;2H,4H2,1H3,(H,5,6);1H. The number of hydrogen-bond donors (Lipinski definition) is 2. The minimum Gasteiger partial charge on any atom is -0.480 e. The van der Waals surface area contributed by atoms with E-state index in [0.29, 0.717) is 6.61 Å². The number of nitrogens with two attached hydrogens (primary N) is 1. The zero-order valence-corrected chi connectivity index (χ0v) is 8.76. The maximum absolute atomic E-state index is 9.82. The Labute approximate surface area is 83.7 Å². The number of aliphatic carboxylic acids is 1. The molecule has 0 aromatic carbocycles. The van der Waals surface area contributed by atoms with Crippen molar-refractivity contribution in [3.63, 3.8) is 0 Å². The molecule has 0 aliphatic rings. The van der Waals surface area contributed by atoms with E-state index in [4.69, 9.17) is 10.8 Å². The first kappa shape index (κ1) is 18.1. The summed E-state index contributed by atoms with van der Waals surface area (Å²) in [5, 5.41) is 7.87. The van der Waals surface area contributed by atoms with Crippen molar-refractivity contribution < 1.29 is 19.4 Å². The Bertz CT molecular complexity index is 149. The Morgan fingerprint density at radius 3 is 1.85 bits per heavy atom. The van der Waals surface area contributed by atoms with Crippen LogP contribution in [0.5, 0.6) is 0 Å². The van der Waals surface area contributed by atoms with Crippen LogP contribution in [0.15, 0.2) is 0 Å². The molecule has 0 bridgehead atoms. The van der Waals surface area contributed by atoms with Crippen LogP contribution >= 0.6 is 12.4 Å². The first-order chi connectivity index (χ1) is 5.41. The van der Waals surface area contributed by atoms with Crippen LogP contribution in [0, 0.1) is 0 Å². The summed E-state index contributed by atoms with van der Waals surface area (Å²) in [7, 11) is 0. The highest BCUT2D eigenvalue weighted by atomic mass is 35.5. The number of esters is 1. The van der Waals surface area contributed by atoms with Gasteiger partial charge in [-0.05, 0) is 13.8 Å². The third kappa shape index (κ3) is 24.7. The van der Waals surface area contributed by atoms with Crippen LogP contribution in [0.2, 0.25) is 0 Å². The van der Waals surface area contributed by atoms with E-state index >= 15 is 0 Å². The lowest BCUT2D eigenvalue weighted by Crippen LogP contribution is -2.25. The van der Waals surface area contributed by atoms with Crippen LogP contribution in [-0.4, -0.2) is 29.7 Å². The minimum atomic E-state index is -0.963. The van der Waals surface area contributed by atoms with Crippen molar-refractivity contribution in [2.45, 2.75) is 26.8 Å². The van der Waals surface area contributed by atoms with Crippen LogP contribution in [0.25, 0.3) is 0 Å². The molecular weight excluding hydrogens is 198 g/mol. The molecule has 0 aromatic rings. The summed E-state index contributed by atoms with van der Waals surface area (Å²) in [5.41, 5.74) is 4.84. The number of carboxylic acids is 1. The van der Waals surface area contributed by atoms with Gasteiger partial charge in [-0.25, -0.2) is 0 Å². The number of halogens is 1. The molecule has 5 nitrogen and oxygen atoms in total. The fraction of sp³-hybridized carbons (Fsp3) is 0.714. The van der Waals surface area contributed by atoms with Gasteiger partial charge in [0, 0.05) is 6.92 Å². The summed E-state index contributed by atoms with van der Waals surface area (Å²) < 4.78 is 4.40. The molecule has 1 atom stereocenters. The molecule has 0 spiro atoms. The summed E-state index contributed by atoms with van der Waals surface area (Å²) >= 11 is 0. The lowest BCUT2D eigenvalue weighted by atomic mass is 10.4. The predicted molar refractivity (Wildman–Crippen MR) is 50.8 cm³/mol. The van der Waals surface area contributed by atoms with Gasteiger partial charge in [-0.1, -0.05) is 0 Å². The van der Waals surface area contributed by atoms with E-state index in [-0.39, 0.29) is 18.4 Å². The first-order valence-electron chi connectivity index (χ1n) is 3.53. The molecule has 3 N–H and O–H groups in total. The van der Waals surface area contributed by atoms with Gasteiger partial charge in [0.1, 0.15) is 6.04 Å². The smallest absolute Gasteiger partial charge is 0.320 e. The molecular formula is C7H16ClNO4. The van der Waals surface area contributed by atoms with E-state index in [0.717, 1.165) is 0 Å². The monoisotopic (exact) mass is 213 g/mol. The Kier molecular flexibility index (Phi) is 15.6. The normalized spacial score (nSPS) is 9.85. The van der Waals surface area contributed by atoms with Crippen LogP contribution in [0.3, 0.4) is 0 Å². The molecule has 0 amide bonds. The minimum absolute atomic E-state index is 0. The van der Waals surface area contributed by atoms with Gasteiger partial charge in [-0.2, -0.15) is 0 Å². The molecule has 0 fully saturated rings. The molecule has 80 valence electrons. The lowest BCUT2D eigenvalue weighted by molar-refractivity contribution is -0.140. The van der Waals surface area contributed by atoms with Crippen molar-refractivity contribution in [2.24, 2.45) is 5.73 Å². The zero-order valence-electron chi connectivity index (χ0n) is 7.94. The number of hydrogen-bond acceptors (Lipinski definition) is 4. The largest absolute Gasteiger partial charge is 0.480 e. The molecule has 6 heteroatoms. The average Bonchev–Trinajstić information content (AvgIpc) is 1.87. The second-order valence-electron chi connectivity index (χ2n) is 2.05. The third-order valence-electron chi connectivity index (χ3n) is 0.737. The average molecular weight is 214 g/mol. The maximum Gasteiger partial charge on any atom is 0.320 e. The van der Waals surface area contributed by atoms with Crippen molar-refractivity contribution in [2.75, 3.05) is 6.61 Å². The topological polar surface area (TPSA) is 89.6 Å². The third-order valence-corrected chi connectivity index (χ3v) is 0.737. The fourth-order valence-electron chi connectivity index (χ4n) is 0.203. The molecule has 0 aromatic heterocycles. The highest BCUT2D eigenvalue weighted by molar-refractivity contribution is 5.85. The van der Waals surface area contributed by atoms with Gasteiger partial charge in [-0.15, -0.1) is 12.4 Å². The number of rotatable bonds is 2. The van der Waals surface area contributed by atoms with Crippen LogP contribution in [-0.2, 0) is 14.3 Å². The molecule has 1 unspecified atom stereocenters. The second kappa shape index (κ2) is 11.2. The number of carbonyl (C=O) groups is 2. The quantitative estimate of drug-likeness (QED) is 0.649. The summed E-state index contributed by atoms with van der Waals surface area (Å²) in [5.74, 6) is -1.17. The van der Waals surface area contributed by atoms with Crippen LogP contribution in [0.4, 0.5) is 0 Å². The van der Waals surface area contributed by atoms with Crippen molar-refractivity contribution in [1.29, 1.82) is 0 Å². The van der Waals surface area contributed by atoms with Crippen molar-refractivity contribution in [3.05, 3.63) is 0 Å². The van der Waals surface area contributed by atoms with Gasteiger partial charge in [-0.3, -0.25) is 9.59 Å². The van der Waals surface area contributed by atoms with Crippen molar-refractivity contribution >= 4 is 24.3 Å². The van der Waals surface area contributed by atoms with Gasteiger partial charge in [0.25, 0.3) is 0 Å². The molecule has 0 aliphatic heterocycles. The van der Waals surface area contributed by atoms with E-state index in [1.807, 2.05) is 0 Å². The van der Waals surface area contributed by atoms with Gasteiger partial charge in [0.2, 0.25) is 0 Å². The molecule has 0 saturated carbocycles. The summed E-state index contributed by atoms with van der Waals surface area (Å²) in [4.78, 5) is 19.4. The fourth-order valence-corrected chi connectivity index (χ4v) is 0.203. The van der Waals surface area contributed by atoms with E-state index < -0.39 is 12.0 Å². The second-order valence-corrected chi connectivity index (χ2v) is 2.05. The predicted octanol–water partition coefficient (Wildman–Crippen LogP) is 0.409. The Morgan fingerprint density at radius 2 is 1.85 bits per heavy atom. The molecule has 0 radical (unpaired) electrons. The van der Waals surface area contributed by atoms with Gasteiger partial charge in [0.15, 0.2) is 0 Å².